The number of nitrogen functional groups attached to an aromatic ring is 1. The molecular formula is C18H18FN5O3S. The van der Waals surface area contributed by atoms with Gasteiger partial charge in [-0.15, -0.1) is 10.2 Å². The molecule has 28 heavy (non-hydrogen) atoms. The summed E-state index contributed by atoms with van der Waals surface area (Å²) < 4.78 is 24.7. The van der Waals surface area contributed by atoms with Gasteiger partial charge in [-0.25, -0.2) is 9.07 Å². The molecular weight excluding hydrogens is 385 g/mol. The van der Waals surface area contributed by atoms with Gasteiger partial charge in [0.1, 0.15) is 17.3 Å². The molecule has 1 amide bonds. The van der Waals surface area contributed by atoms with Crippen molar-refractivity contribution in [3.05, 3.63) is 48.3 Å². The number of anilines is 1. The van der Waals surface area contributed by atoms with E-state index in [4.69, 9.17) is 15.3 Å². The number of thioether (sulfide) groups is 1. The third-order valence-electron chi connectivity index (χ3n) is 3.77. The minimum Gasteiger partial charge on any atom is -0.497 e. The van der Waals surface area contributed by atoms with Crippen molar-refractivity contribution in [1.82, 2.24) is 14.9 Å². The molecule has 10 heteroatoms. The van der Waals surface area contributed by atoms with Crippen LogP contribution in [0.2, 0.25) is 0 Å². The van der Waals surface area contributed by atoms with E-state index >= 15 is 0 Å². The molecule has 0 aliphatic carbocycles. The lowest BCUT2D eigenvalue weighted by atomic mass is 10.2. The average molecular weight is 403 g/mol. The number of nitrogens with one attached hydrogen (secondary N) is 1. The molecule has 0 bridgehead atoms. The van der Waals surface area contributed by atoms with Crippen LogP contribution in [0.1, 0.15) is 0 Å². The number of halogens is 1. The number of ether oxygens (including phenoxy) is 2. The molecule has 3 N–H and O–H groups in total. The van der Waals surface area contributed by atoms with Gasteiger partial charge in [0.05, 0.1) is 25.5 Å². The van der Waals surface area contributed by atoms with Gasteiger partial charge >= 0.3 is 0 Å². The normalized spacial score (nSPS) is 10.5. The van der Waals surface area contributed by atoms with Crippen LogP contribution in [-0.4, -0.2) is 40.8 Å². The number of benzene rings is 2. The molecule has 1 heterocycles. The lowest BCUT2D eigenvalue weighted by molar-refractivity contribution is -0.113. The maximum Gasteiger partial charge on any atom is 0.234 e. The Morgan fingerprint density at radius 2 is 1.93 bits per heavy atom. The van der Waals surface area contributed by atoms with Crippen molar-refractivity contribution in [1.29, 1.82) is 0 Å². The minimum atomic E-state index is -0.370. The summed E-state index contributed by atoms with van der Waals surface area (Å²) in [5.74, 6) is 7.07. The smallest absolute Gasteiger partial charge is 0.234 e. The topological polar surface area (TPSA) is 104 Å². The lowest BCUT2D eigenvalue weighted by Crippen LogP contribution is -2.16. The van der Waals surface area contributed by atoms with E-state index in [0.29, 0.717) is 33.7 Å². The van der Waals surface area contributed by atoms with Gasteiger partial charge in [0, 0.05) is 11.8 Å². The van der Waals surface area contributed by atoms with Crippen LogP contribution in [0.3, 0.4) is 0 Å². The highest BCUT2D eigenvalue weighted by atomic mass is 32.2. The number of carbonyl (C=O) groups is 1. The molecule has 146 valence electrons. The Balaban J connectivity index is 1.69. The van der Waals surface area contributed by atoms with E-state index in [1.165, 1.54) is 36.1 Å². The second kappa shape index (κ2) is 8.61. The first kappa shape index (κ1) is 19.5. The third kappa shape index (κ3) is 4.34. The zero-order valence-electron chi connectivity index (χ0n) is 15.2. The molecule has 3 aromatic rings. The Labute approximate surface area is 164 Å². The minimum absolute atomic E-state index is 0.0620. The quantitative estimate of drug-likeness (QED) is 0.461. The van der Waals surface area contributed by atoms with Crippen LogP contribution in [0.25, 0.3) is 11.4 Å². The lowest BCUT2D eigenvalue weighted by Gasteiger charge is -2.10. The summed E-state index contributed by atoms with van der Waals surface area (Å²) in [6, 6.07) is 10.7. The zero-order chi connectivity index (χ0) is 20.1. The molecule has 0 saturated carbocycles. The number of nitrogens with two attached hydrogens (primary N) is 1. The summed E-state index contributed by atoms with van der Waals surface area (Å²) >= 11 is 1.13. The number of amides is 1. The van der Waals surface area contributed by atoms with Crippen molar-refractivity contribution in [3.8, 4) is 22.9 Å². The van der Waals surface area contributed by atoms with Gasteiger partial charge in [-0.2, -0.15) is 0 Å². The van der Waals surface area contributed by atoms with Crippen LogP contribution in [0, 0.1) is 5.82 Å². The summed E-state index contributed by atoms with van der Waals surface area (Å²) in [5, 5.41) is 11.2. The van der Waals surface area contributed by atoms with Gasteiger partial charge in [0.15, 0.2) is 5.82 Å². The standard InChI is InChI=1S/C18H18FN5O3S/c1-26-13-7-8-14(15(9-13)27-2)17-22-23-18(24(17)20)28-10-16(25)21-12-5-3-11(19)4-6-12/h3-9H,10,20H2,1-2H3,(H,21,25). The van der Waals surface area contributed by atoms with E-state index in [1.54, 1.807) is 25.3 Å². The van der Waals surface area contributed by atoms with Crippen molar-refractivity contribution < 1.29 is 18.7 Å². The molecule has 0 saturated heterocycles. The van der Waals surface area contributed by atoms with Crippen LogP contribution in [0.4, 0.5) is 10.1 Å². The Morgan fingerprint density at radius 1 is 1.18 bits per heavy atom. The highest BCUT2D eigenvalue weighted by molar-refractivity contribution is 7.99. The molecule has 0 aliphatic heterocycles. The Bertz CT molecular complexity index is 978. The maximum atomic E-state index is 12.9. The van der Waals surface area contributed by atoms with Crippen LogP contribution in [0.5, 0.6) is 11.5 Å². The Hall–Kier alpha value is -3.27. The van der Waals surface area contributed by atoms with Crippen LogP contribution >= 0.6 is 11.8 Å². The zero-order valence-corrected chi connectivity index (χ0v) is 16.0. The van der Waals surface area contributed by atoms with Crippen LogP contribution < -0.4 is 20.6 Å². The summed E-state index contributed by atoms with van der Waals surface area (Å²) in [4.78, 5) is 12.1. The van der Waals surface area contributed by atoms with Crippen LogP contribution in [-0.2, 0) is 4.79 Å². The monoisotopic (exact) mass is 403 g/mol. The Kier molecular flexibility index (Phi) is 5.99. The summed E-state index contributed by atoms with van der Waals surface area (Å²) in [5.41, 5.74) is 1.14. The van der Waals surface area contributed by atoms with Crippen molar-refractivity contribution in [3.63, 3.8) is 0 Å². The number of hydrogen-bond donors (Lipinski definition) is 2. The SMILES string of the molecule is COc1ccc(-c2nnc(SCC(=O)Nc3ccc(F)cc3)n2N)c(OC)c1. The predicted molar refractivity (Wildman–Crippen MR) is 104 cm³/mol. The number of rotatable bonds is 7. The summed E-state index contributed by atoms with van der Waals surface area (Å²) in [6.45, 7) is 0. The van der Waals surface area contributed by atoms with Crippen molar-refractivity contribution in [2.45, 2.75) is 5.16 Å². The van der Waals surface area contributed by atoms with Crippen LogP contribution in [0.15, 0.2) is 47.6 Å². The third-order valence-corrected chi connectivity index (χ3v) is 4.72. The highest BCUT2D eigenvalue weighted by Gasteiger charge is 2.17. The summed E-state index contributed by atoms with van der Waals surface area (Å²) in [6.07, 6.45) is 0. The van der Waals surface area contributed by atoms with Crippen molar-refractivity contribution in [2.75, 3.05) is 31.1 Å². The molecule has 2 aromatic carbocycles. The Morgan fingerprint density at radius 3 is 2.61 bits per heavy atom. The van der Waals surface area contributed by atoms with E-state index in [-0.39, 0.29) is 17.5 Å². The molecule has 0 unspecified atom stereocenters. The largest absolute Gasteiger partial charge is 0.497 e. The van der Waals surface area contributed by atoms with E-state index in [0.717, 1.165) is 11.8 Å². The van der Waals surface area contributed by atoms with Gasteiger partial charge in [0.25, 0.3) is 0 Å². The number of nitrogens with zero attached hydrogens (tertiary/aromatic N) is 3. The van der Waals surface area contributed by atoms with Gasteiger partial charge in [-0.05, 0) is 36.4 Å². The molecule has 3 rings (SSSR count). The molecule has 0 aliphatic rings. The first-order valence-electron chi connectivity index (χ1n) is 8.13. The fraction of sp³-hybridized carbons (Fsp3) is 0.167. The maximum absolute atomic E-state index is 12.9. The first-order valence-corrected chi connectivity index (χ1v) is 9.11. The number of aromatic nitrogens is 3. The number of methoxy groups -OCH3 is 2. The predicted octanol–water partition coefficient (Wildman–Crippen LogP) is 2.55. The molecule has 0 radical (unpaired) electrons. The number of carbonyl (C=O) groups excluding carboxylic acids is 1. The van der Waals surface area contributed by atoms with E-state index in [2.05, 4.69) is 15.5 Å². The van der Waals surface area contributed by atoms with Crippen molar-refractivity contribution in [2.24, 2.45) is 0 Å². The van der Waals surface area contributed by atoms with Gasteiger partial charge < -0.3 is 20.6 Å². The fourth-order valence-electron chi connectivity index (χ4n) is 2.40. The van der Waals surface area contributed by atoms with Crippen molar-refractivity contribution >= 4 is 23.4 Å². The highest BCUT2D eigenvalue weighted by Crippen LogP contribution is 2.32. The molecule has 0 atom stereocenters. The van der Waals surface area contributed by atoms with Gasteiger partial charge in [-0.1, -0.05) is 11.8 Å². The second-order valence-electron chi connectivity index (χ2n) is 5.59. The van der Waals surface area contributed by atoms with Gasteiger partial charge in [0.2, 0.25) is 11.1 Å². The molecule has 1 aromatic heterocycles. The van der Waals surface area contributed by atoms with E-state index in [1.807, 2.05) is 0 Å². The first-order chi connectivity index (χ1) is 13.5. The molecule has 0 spiro atoms. The van der Waals surface area contributed by atoms with E-state index < -0.39 is 0 Å². The molecule has 8 nitrogen and oxygen atoms in total. The summed E-state index contributed by atoms with van der Waals surface area (Å²) in [7, 11) is 3.09. The average Bonchev–Trinajstić information content (AvgIpc) is 3.07. The molecule has 0 fully saturated rings. The van der Waals surface area contributed by atoms with Gasteiger partial charge in [-0.3, -0.25) is 4.79 Å². The van der Waals surface area contributed by atoms with E-state index in [9.17, 15) is 9.18 Å². The fourth-order valence-corrected chi connectivity index (χ4v) is 3.06. The number of hydrogen-bond acceptors (Lipinski definition) is 7. The second-order valence-corrected chi connectivity index (χ2v) is 6.53.